The lowest BCUT2D eigenvalue weighted by atomic mass is 9.67. The highest BCUT2D eigenvalue weighted by molar-refractivity contribution is 7.30. The van der Waals surface area contributed by atoms with Gasteiger partial charge in [-0.1, -0.05) is 171 Å². The minimum atomic E-state index is -0.0836. The van der Waals surface area contributed by atoms with Gasteiger partial charge in [0.05, 0.1) is 0 Å². The molecule has 0 radical (unpaired) electrons. The third-order valence-electron chi connectivity index (χ3n) is 15.7. The summed E-state index contributed by atoms with van der Waals surface area (Å²) in [5.41, 5.74) is 15.8. The molecule has 4 aliphatic rings. The van der Waals surface area contributed by atoms with E-state index in [1.165, 1.54) is 123 Å². The molecule has 1 fully saturated rings. The second kappa shape index (κ2) is 12.8. The Hall–Kier alpha value is -6.58. The molecule has 0 amide bonds. The van der Waals surface area contributed by atoms with Crippen LogP contribution in [0.1, 0.15) is 54.0 Å². The Morgan fingerprint density at radius 3 is 2.14 bits per heavy atom. The molecule has 64 heavy (non-hydrogen) atoms. The molecule has 15 rings (SSSR count). The van der Waals surface area contributed by atoms with Gasteiger partial charge in [0, 0.05) is 45.8 Å². The highest BCUT2D eigenvalue weighted by Crippen LogP contribution is 2.70. The fourth-order valence-electron chi connectivity index (χ4n) is 12.8. The molecule has 0 aliphatic heterocycles. The Kier molecular flexibility index (Phi) is 7.16. The molecular weight excluding hydrogens is 809 g/mol. The van der Waals surface area contributed by atoms with Crippen LogP contribution in [-0.4, -0.2) is 0 Å². The summed E-state index contributed by atoms with van der Waals surface area (Å²) >= 11 is 3.92. The van der Waals surface area contributed by atoms with Crippen LogP contribution in [0, 0.1) is 11.8 Å². The first-order valence-corrected chi connectivity index (χ1v) is 24.6. The van der Waals surface area contributed by atoms with Gasteiger partial charge in [-0.05, 0) is 143 Å². The summed E-state index contributed by atoms with van der Waals surface area (Å²) in [7, 11) is 0. The normalized spacial score (nSPS) is 19.4. The van der Waals surface area contributed by atoms with E-state index in [1.54, 1.807) is 11.1 Å². The molecule has 0 N–H and O–H groups in total. The van der Waals surface area contributed by atoms with E-state index in [2.05, 4.69) is 190 Å². The van der Waals surface area contributed by atoms with Crippen molar-refractivity contribution < 1.29 is 0 Å². The zero-order valence-electron chi connectivity index (χ0n) is 35.7. The van der Waals surface area contributed by atoms with Crippen molar-refractivity contribution in [2.75, 3.05) is 0 Å². The van der Waals surface area contributed by atoms with Crippen LogP contribution < -0.4 is 0 Å². The molecule has 2 heteroatoms. The summed E-state index contributed by atoms with van der Waals surface area (Å²) in [6.07, 6.45) is 12.3. The van der Waals surface area contributed by atoms with Crippen molar-refractivity contribution in [2.45, 2.75) is 38.0 Å². The van der Waals surface area contributed by atoms with Crippen LogP contribution >= 0.6 is 22.7 Å². The second-order valence-electron chi connectivity index (χ2n) is 19.3. The maximum atomic E-state index is 2.69. The molecule has 0 spiro atoms. The molecule has 1 saturated carbocycles. The molecule has 3 atom stereocenters. The van der Waals surface area contributed by atoms with E-state index >= 15 is 0 Å². The number of hydrogen-bond donors (Lipinski definition) is 0. The Morgan fingerprint density at radius 1 is 0.547 bits per heavy atom. The number of fused-ring (bicyclic) bond motifs is 14. The maximum absolute atomic E-state index is 2.69. The Labute approximate surface area is 380 Å². The van der Waals surface area contributed by atoms with E-state index in [4.69, 9.17) is 0 Å². The van der Waals surface area contributed by atoms with Gasteiger partial charge < -0.3 is 0 Å². The highest BCUT2D eigenvalue weighted by atomic mass is 32.1. The minimum absolute atomic E-state index is 0.0836. The molecule has 2 aromatic heterocycles. The van der Waals surface area contributed by atoms with Crippen LogP contribution in [0.25, 0.3) is 107 Å². The number of hydrogen-bond acceptors (Lipinski definition) is 2. The van der Waals surface area contributed by atoms with Crippen LogP contribution in [0.2, 0.25) is 0 Å². The van der Waals surface area contributed by atoms with Gasteiger partial charge in [0.15, 0.2) is 0 Å². The summed E-state index contributed by atoms with van der Waals surface area (Å²) in [6, 6.07) is 57.9. The summed E-state index contributed by atoms with van der Waals surface area (Å²) in [5, 5.41) is 13.6. The van der Waals surface area contributed by atoms with Crippen LogP contribution in [0.4, 0.5) is 0 Å². The first-order chi connectivity index (χ1) is 31.5. The predicted molar refractivity (Wildman–Crippen MR) is 278 cm³/mol. The lowest BCUT2D eigenvalue weighted by Gasteiger charge is -2.36. The lowest BCUT2D eigenvalue weighted by Crippen LogP contribution is -2.27. The van der Waals surface area contributed by atoms with Crippen molar-refractivity contribution in [3.8, 4) is 22.3 Å². The van der Waals surface area contributed by atoms with Gasteiger partial charge in [-0.15, -0.1) is 22.7 Å². The van der Waals surface area contributed by atoms with E-state index in [0.717, 1.165) is 12.8 Å². The van der Waals surface area contributed by atoms with Crippen LogP contribution in [0.3, 0.4) is 0 Å². The van der Waals surface area contributed by atoms with E-state index in [1.807, 2.05) is 22.7 Å². The summed E-state index contributed by atoms with van der Waals surface area (Å²) in [5.74, 6) is 1.54. The maximum Gasteiger partial charge on any atom is 0.0454 e. The first kappa shape index (κ1) is 35.8. The zero-order valence-corrected chi connectivity index (χ0v) is 37.3. The Morgan fingerprint density at radius 2 is 1.28 bits per heavy atom. The predicted octanol–water partition coefficient (Wildman–Crippen LogP) is 17.8. The summed E-state index contributed by atoms with van der Waals surface area (Å²) in [4.78, 5) is 0. The third-order valence-corrected chi connectivity index (χ3v) is 18.0. The lowest BCUT2D eigenvalue weighted by molar-refractivity contribution is 0.549. The second-order valence-corrected chi connectivity index (χ2v) is 21.5. The van der Waals surface area contributed by atoms with E-state index in [9.17, 15) is 0 Å². The van der Waals surface area contributed by atoms with Crippen LogP contribution in [0.5, 0.6) is 0 Å². The van der Waals surface area contributed by atoms with Crippen molar-refractivity contribution in [1.29, 1.82) is 0 Å². The van der Waals surface area contributed by atoms with Gasteiger partial charge in [0.2, 0.25) is 0 Å². The molecule has 302 valence electrons. The average Bonchev–Trinajstić information content (AvgIpc) is 3.76. The van der Waals surface area contributed by atoms with Gasteiger partial charge in [-0.2, -0.15) is 0 Å². The molecule has 4 aliphatic carbocycles. The molecule has 2 heterocycles. The highest BCUT2D eigenvalue weighted by Gasteiger charge is 2.60. The minimum Gasteiger partial charge on any atom is -0.135 e. The largest absolute Gasteiger partial charge is 0.135 e. The van der Waals surface area contributed by atoms with Gasteiger partial charge >= 0.3 is 0 Å². The third kappa shape index (κ3) is 4.77. The number of allylic oxidation sites excluding steroid dienone is 5. The topological polar surface area (TPSA) is 0 Å². The number of benzene rings is 9. The smallest absolute Gasteiger partial charge is 0.0454 e. The van der Waals surface area contributed by atoms with Crippen molar-refractivity contribution in [2.24, 2.45) is 11.8 Å². The SMILES string of the molecule is CC1(C)C2=CC(c3c4c(c(-c5cccc6ccccc56)c5ccccc35)CCC=C4)=CC3C2C3c2cc(-c3cc4sc5cc6ccccc6cc5c4c4sc5ccccc5c34)ccc21. The summed E-state index contributed by atoms with van der Waals surface area (Å²) in [6.45, 7) is 5.00. The standard InChI is InChI=1S/C62H42S2/c1-62(2)50-27-26-37(46-33-54-60(61-58(46)45-23-11-12-25-52(45)64-61)48-28-35-15-3-4-16-36(35)32-53(48)63-54)29-47(50)57-49-30-38(31-51(62)59(49)57)55-41-19-7-9-21-43(41)56(44-22-10-8-20-42(44)55)40-24-13-17-34-14-5-6-18-39(34)40/h3-9,11-21,23-33,49,57,59H,10,22H2,1-2H3. The fraction of sp³-hybridized carbons (Fsp3) is 0.129. The number of rotatable bonds is 3. The summed E-state index contributed by atoms with van der Waals surface area (Å²) < 4.78 is 5.53. The van der Waals surface area contributed by atoms with Crippen molar-refractivity contribution >= 4 is 107 Å². The first-order valence-electron chi connectivity index (χ1n) is 23.0. The van der Waals surface area contributed by atoms with E-state index in [0.29, 0.717) is 17.8 Å². The fourth-order valence-corrected chi connectivity index (χ4v) is 15.4. The monoisotopic (exact) mass is 850 g/mol. The van der Waals surface area contributed by atoms with E-state index < -0.39 is 0 Å². The molecular formula is C62H42S2. The Bertz CT molecular complexity index is 4000. The van der Waals surface area contributed by atoms with E-state index in [-0.39, 0.29) is 5.41 Å². The molecule has 0 bridgehead atoms. The molecule has 9 aromatic carbocycles. The van der Waals surface area contributed by atoms with Crippen LogP contribution in [-0.2, 0) is 11.8 Å². The van der Waals surface area contributed by atoms with Crippen LogP contribution in [0.15, 0.2) is 175 Å². The van der Waals surface area contributed by atoms with Gasteiger partial charge in [0.1, 0.15) is 0 Å². The molecule has 3 unspecified atom stereocenters. The van der Waals surface area contributed by atoms with Crippen molar-refractivity contribution in [1.82, 2.24) is 0 Å². The van der Waals surface area contributed by atoms with Gasteiger partial charge in [-0.25, -0.2) is 0 Å². The molecule has 11 aromatic rings. The average molecular weight is 851 g/mol. The van der Waals surface area contributed by atoms with Gasteiger partial charge in [-0.3, -0.25) is 0 Å². The molecule has 0 nitrogen and oxygen atoms in total. The van der Waals surface area contributed by atoms with Crippen molar-refractivity contribution in [3.05, 3.63) is 203 Å². The van der Waals surface area contributed by atoms with Gasteiger partial charge in [0.25, 0.3) is 0 Å². The Balaban J connectivity index is 0.911. The van der Waals surface area contributed by atoms with Crippen molar-refractivity contribution in [3.63, 3.8) is 0 Å². The number of thiophene rings is 2. The zero-order chi connectivity index (χ0) is 42.0. The quantitative estimate of drug-likeness (QED) is 0.166. The molecule has 0 saturated heterocycles.